The summed E-state index contributed by atoms with van der Waals surface area (Å²) >= 11 is 5.77. The van der Waals surface area contributed by atoms with Crippen LogP contribution in [0, 0.1) is 11.6 Å². The normalized spacial score (nSPS) is 13.4. The Morgan fingerprint density at radius 1 is 0.952 bits per heavy atom. The number of nitrogens with one attached hydrogen (secondary N) is 2. The fourth-order valence-corrected chi connectivity index (χ4v) is 3.64. The van der Waals surface area contributed by atoms with Gasteiger partial charge in [-0.05, 0) is 45.4 Å². The van der Waals surface area contributed by atoms with Crippen LogP contribution >= 0.6 is 11.6 Å². The monoisotopic (exact) mass is 603 g/mol. The van der Waals surface area contributed by atoms with Gasteiger partial charge in [0, 0.05) is 45.6 Å². The van der Waals surface area contributed by atoms with Crippen molar-refractivity contribution in [2.45, 2.75) is 32.8 Å². The van der Waals surface area contributed by atoms with Crippen molar-refractivity contribution in [3.05, 3.63) is 70.8 Å². The molecule has 0 saturated carbocycles. The maximum absolute atomic E-state index is 13.9. The molecule has 14 heteroatoms. The fourth-order valence-electron chi connectivity index (χ4n) is 3.53. The van der Waals surface area contributed by atoms with Crippen molar-refractivity contribution in [1.29, 1.82) is 0 Å². The Morgan fingerprint density at radius 2 is 1.67 bits per heavy atom. The zero-order chi connectivity index (χ0) is 30.9. The second kappa shape index (κ2) is 14.6. The van der Waals surface area contributed by atoms with Crippen LogP contribution in [0.1, 0.15) is 48.0 Å². The minimum atomic E-state index is -1.27. The van der Waals surface area contributed by atoms with Crippen molar-refractivity contribution in [1.82, 2.24) is 19.9 Å². The number of ether oxygens (including phenoxy) is 1. The van der Waals surface area contributed by atoms with Crippen LogP contribution in [0.5, 0.6) is 0 Å². The van der Waals surface area contributed by atoms with E-state index >= 15 is 0 Å². The van der Waals surface area contributed by atoms with Gasteiger partial charge in [-0.3, -0.25) is 14.4 Å². The lowest BCUT2D eigenvalue weighted by molar-refractivity contribution is -0.117. The van der Waals surface area contributed by atoms with E-state index < -0.39 is 23.4 Å². The van der Waals surface area contributed by atoms with Gasteiger partial charge in [-0.25, -0.2) is 23.7 Å². The summed E-state index contributed by atoms with van der Waals surface area (Å²) in [5.74, 6) is -3.47. The number of methoxy groups -OCH3 is 1. The van der Waals surface area contributed by atoms with Crippen LogP contribution in [0.4, 0.5) is 26.1 Å². The molecule has 1 saturated heterocycles. The molecule has 1 aromatic carbocycles. The van der Waals surface area contributed by atoms with Crippen molar-refractivity contribution in [2.75, 3.05) is 48.8 Å². The van der Waals surface area contributed by atoms with Gasteiger partial charge in [0.05, 0.1) is 34.3 Å². The topological polar surface area (TPSA) is 130 Å². The van der Waals surface area contributed by atoms with Crippen LogP contribution in [-0.4, -0.2) is 77.0 Å². The first-order valence-corrected chi connectivity index (χ1v) is 13.3. The Balaban J connectivity index is 0.000000730. The number of aromatic nitrogens is 3. The summed E-state index contributed by atoms with van der Waals surface area (Å²) in [5.41, 5.74) is -0.649. The molecular formula is C28H32ClF2N7O4. The molecule has 11 nitrogen and oxygen atoms in total. The number of rotatable bonds is 6. The Labute approximate surface area is 247 Å². The molecule has 1 fully saturated rings. The maximum Gasteiger partial charge on any atom is 0.275 e. The van der Waals surface area contributed by atoms with Crippen molar-refractivity contribution in [3.63, 3.8) is 0 Å². The summed E-state index contributed by atoms with van der Waals surface area (Å²) in [6.45, 7) is 8.48. The number of hydrogen-bond acceptors (Lipinski definition) is 8. The summed E-state index contributed by atoms with van der Waals surface area (Å²) in [4.78, 5) is 52.4. The van der Waals surface area contributed by atoms with Gasteiger partial charge in [0.1, 0.15) is 17.3 Å². The largest absolute Gasteiger partial charge is 0.379 e. The predicted molar refractivity (Wildman–Crippen MR) is 155 cm³/mol. The molecule has 0 bridgehead atoms. The maximum atomic E-state index is 13.9. The molecule has 0 unspecified atom stereocenters. The van der Waals surface area contributed by atoms with E-state index in [0.29, 0.717) is 49.2 Å². The number of carbonyl (C=O) groups excluding carboxylic acids is 3. The van der Waals surface area contributed by atoms with Crippen LogP contribution in [0.2, 0.25) is 5.02 Å². The Kier molecular flexibility index (Phi) is 11.2. The third-order valence-electron chi connectivity index (χ3n) is 6.01. The highest BCUT2D eigenvalue weighted by Gasteiger charge is 2.21. The minimum Gasteiger partial charge on any atom is -0.379 e. The third-order valence-corrected chi connectivity index (χ3v) is 6.23. The van der Waals surface area contributed by atoms with E-state index in [1.165, 1.54) is 30.7 Å². The molecule has 2 N–H and O–H groups in total. The first-order chi connectivity index (χ1) is 19.9. The van der Waals surface area contributed by atoms with Gasteiger partial charge in [-0.1, -0.05) is 11.6 Å². The smallest absolute Gasteiger partial charge is 0.275 e. The highest BCUT2D eigenvalue weighted by Crippen LogP contribution is 2.23. The first-order valence-electron chi connectivity index (χ1n) is 12.9. The third kappa shape index (κ3) is 9.42. The molecule has 0 radical (unpaired) electrons. The molecule has 224 valence electrons. The molecule has 1 aliphatic heterocycles. The number of anilines is 3. The van der Waals surface area contributed by atoms with Crippen molar-refractivity contribution in [2.24, 2.45) is 0 Å². The SMILES string of the molecule is COC(C)(C)C.O=CN1CCCN(c2cnc(C(=O)Nc3cc(F)c(F)cc3C(=O)Nc3ccc(Cl)cn3)cn2)CC1. The Hall–Kier alpha value is -4.23. The lowest BCUT2D eigenvalue weighted by Gasteiger charge is -2.21. The van der Waals surface area contributed by atoms with E-state index in [1.54, 1.807) is 12.0 Å². The summed E-state index contributed by atoms with van der Waals surface area (Å²) in [6, 6.07) is 4.29. The summed E-state index contributed by atoms with van der Waals surface area (Å²) in [7, 11) is 1.71. The highest BCUT2D eigenvalue weighted by molar-refractivity contribution is 6.30. The number of carbonyl (C=O) groups is 3. The van der Waals surface area contributed by atoms with Crippen LogP contribution in [0.3, 0.4) is 0 Å². The average molecular weight is 604 g/mol. The van der Waals surface area contributed by atoms with Crippen LogP contribution in [0.15, 0.2) is 42.9 Å². The number of halogens is 3. The second-order valence-electron chi connectivity index (χ2n) is 10.1. The molecule has 3 aromatic rings. The summed E-state index contributed by atoms with van der Waals surface area (Å²) in [5, 5.41) is 5.16. The summed E-state index contributed by atoms with van der Waals surface area (Å²) in [6.07, 6.45) is 5.52. The van der Waals surface area contributed by atoms with Crippen LogP contribution < -0.4 is 15.5 Å². The van der Waals surface area contributed by atoms with E-state index in [0.717, 1.165) is 12.8 Å². The predicted octanol–water partition coefficient (Wildman–Crippen LogP) is 4.41. The van der Waals surface area contributed by atoms with Gasteiger partial charge in [-0.2, -0.15) is 0 Å². The van der Waals surface area contributed by atoms with Crippen LogP contribution in [0.25, 0.3) is 0 Å². The lowest BCUT2D eigenvalue weighted by atomic mass is 10.1. The van der Waals surface area contributed by atoms with Gasteiger partial charge < -0.3 is 25.2 Å². The van der Waals surface area contributed by atoms with E-state index in [9.17, 15) is 23.2 Å². The molecule has 1 aliphatic rings. The first kappa shape index (κ1) is 32.3. The van der Waals surface area contributed by atoms with Gasteiger partial charge in [-0.15, -0.1) is 0 Å². The molecule has 42 heavy (non-hydrogen) atoms. The molecule has 0 spiro atoms. The van der Waals surface area contributed by atoms with Crippen molar-refractivity contribution < 1.29 is 27.9 Å². The molecule has 2 aromatic heterocycles. The van der Waals surface area contributed by atoms with Gasteiger partial charge in [0.15, 0.2) is 11.6 Å². The zero-order valence-electron chi connectivity index (χ0n) is 23.7. The van der Waals surface area contributed by atoms with E-state index in [-0.39, 0.29) is 28.4 Å². The second-order valence-corrected chi connectivity index (χ2v) is 10.6. The van der Waals surface area contributed by atoms with E-state index in [4.69, 9.17) is 16.3 Å². The van der Waals surface area contributed by atoms with Crippen LogP contribution in [-0.2, 0) is 9.53 Å². The quantitative estimate of drug-likeness (QED) is 0.397. The molecule has 3 heterocycles. The number of hydrogen-bond donors (Lipinski definition) is 2. The number of benzene rings is 1. The Bertz CT molecular complexity index is 1390. The number of pyridine rings is 1. The van der Waals surface area contributed by atoms with Crippen molar-refractivity contribution >= 4 is 47.1 Å². The van der Waals surface area contributed by atoms with Gasteiger partial charge in [0.2, 0.25) is 6.41 Å². The number of nitrogens with zero attached hydrogens (tertiary/aromatic N) is 5. The fraction of sp³-hybridized carbons (Fsp3) is 0.357. The molecule has 3 amide bonds. The number of amides is 3. The molecular weight excluding hydrogens is 572 g/mol. The van der Waals surface area contributed by atoms with E-state index in [2.05, 4.69) is 25.6 Å². The summed E-state index contributed by atoms with van der Waals surface area (Å²) < 4.78 is 32.8. The minimum absolute atomic E-state index is 0.0417. The van der Waals surface area contributed by atoms with Gasteiger partial charge >= 0.3 is 0 Å². The Morgan fingerprint density at radius 3 is 2.26 bits per heavy atom. The average Bonchev–Trinajstić information content (AvgIpc) is 3.22. The standard InChI is InChI=1S/C23H20ClF2N7O3.C5H12O/c24-14-2-3-20(28-10-14)31-22(35)15-8-16(25)17(26)9-18(15)30-23(36)19-11-29-21(12-27-19)33-5-1-4-32(13-34)6-7-33;1-5(2,3)6-4/h2-3,8-13H,1,4-7H2,(H,30,36)(H,28,31,35);1-4H3. The highest BCUT2D eigenvalue weighted by atomic mass is 35.5. The molecule has 0 aliphatic carbocycles. The lowest BCUT2D eigenvalue weighted by Crippen LogP contribution is -2.30. The zero-order valence-corrected chi connectivity index (χ0v) is 24.4. The molecule has 4 rings (SSSR count). The molecule has 0 atom stereocenters. The van der Waals surface area contributed by atoms with E-state index in [1.807, 2.05) is 25.7 Å². The van der Waals surface area contributed by atoms with Gasteiger partial charge in [0.25, 0.3) is 11.8 Å². The van der Waals surface area contributed by atoms with Crippen molar-refractivity contribution in [3.8, 4) is 0 Å².